The van der Waals surface area contributed by atoms with Gasteiger partial charge in [0.25, 0.3) is 0 Å². The summed E-state index contributed by atoms with van der Waals surface area (Å²) in [5, 5.41) is 11.0. The maximum Gasteiger partial charge on any atom is 0.191 e. The van der Waals surface area contributed by atoms with Gasteiger partial charge in [-0.2, -0.15) is 5.10 Å². The van der Waals surface area contributed by atoms with E-state index in [9.17, 15) is 0 Å². The molecule has 5 heteroatoms. The molecule has 2 aromatic rings. The van der Waals surface area contributed by atoms with Crippen LogP contribution in [-0.2, 0) is 13.0 Å². The molecule has 24 heavy (non-hydrogen) atoms. The van der Waals surface area contributed by atoms with Gasteiger partial charge in [0.05, 0.1) is 0 Å². The van der Waals surface area contributed by atoms with Crippen molar-refractivity contribution in [1.29, 1.82) is 0 Å². The van der Waals surface area contributed by atoms with E-state index in [2.05, 4.69) is 64.9 Å². The van der Waals surface area contributed by atoms with E-state index < -0.39 is 0 Å². The number of rotatable bonds is 9. The van der Waals surface area contributed by atoms with Crippen LogP contribution in [0.3, 0.4) is 0 Å². The highest BCUT2D eigenvalue weighted by Crippen LogP contribution is 2.04. The van der Waals surface area contributed by atoms with E-state index in [1.807, 2.05) is 23.1 Å². The Morgan fingerprint density at radius 3 is 2.79 bits per heavy atom. The molecular weight excluding hydrogens is 298 g/mol. The Kier molecular flexibility index (Phi) is 7.87. The lowest BCUT2D eigenvalue weighted by atomic mass is 10.1. The van der Waals surface area contributed by atoms with Gasteiger partial charge in [-0.15, -0.1) is 0 Å². The summed E-state index contributed by atoms with van der Waals surface area (Å²) in [5.41, 5.74) is 1.38. The van der Waals surface area contributed by atoms with Crippen LogP contribution in [0.25, 0.3) is 0 Å². The smallest absolute Gasteiger partial charge is 0.191 e. The van der Waals surface area contributed by atoms with Crippen LogP contribution in [0.2, 0.25) is 0 Å². The maximum atomic E-state index is 4.66. The molecule has 0 saturated carbocycles. The van der Waals surface area contributed by atoms with Crippen molar-refractivity contribution in [3.63, 3.8) is 0 Å². The Morgan fingerprint density at radius 2 is 2.08 bits per heavy atom. The molecule has 0 aliphatic carbocycles. The summed E-state index contributed by atoms with van der Waals surface area (Å²) >= 11 is 0. The first-order chi connectivity index (χ1) is 11.8. The van der Waals surface area contributed by atoms with Gasteiger partial charge in [-0.1, -0.05) is 30.3 Å². The van der Waals surface area contributed by atoms with E-state index in [-0.39, 0.29) is 0 Å². The summed E-state index contributed by atoms with van der Waals surface area (Å²) in [4.78, 5) is 4.66. The van der Waals surface area contributed by atoms with E-state index in [4.69, 9.17) is 0 Å². The van der Waals surface area contributed by atoms with Crippen molar-refractivity contribution in [3.8, 4) is 0 Å². The highest BCUT2D eigenvalue weighted by molar-refractivity contribution is 5.80. The van der Waals surface area contributed by atoms with Crippen molar-refractivity contribution in [2.45, 2.75) is 45.7 Å². The molecule has 1 aromatic carbocycles. The highest BCUT2D eigenvalue weighted by atomic mass is 15.3. The van der Waals surface area contributed by atoms with E-state index in [0.717, 1.165) is 44.9 Å². The van der Waals surface area contributed by atoms with Crippen molar-refractivity contribution in [1.82, 2.24) is 20.4 Å². The minimum Gasteiger partial charge on any atom is -0.357 e. The molecule has 0 saturated heterocycles. The number of aryl methyl sites for hydroxylation is 2. The standard InChI is InChI=1S/C19H29N5/c1-3-20-19(21-13-7-15-24-16-8-14-22-24)23-17(2)11-12-18-9-5-4-6-10-18/h4-6,8-10,14,16-17H,3,7,11-13,15H2,1-2H3,(H2,20,21,23). The third-order valence-corrected chi connectivity index (χ3v) is 3.81. The fraction of sp³-hybridized carbons (Fsp3) is 0.474. The molecule has 0 bridgehead atoms. The first-order valence-corrected chi connectivity index (χ1v) is 8.84. The van der Waals surface area contributed by atoms with Crippen LogP contribution in [0.1, 0.15) is 32.3 Å². The van der Waals surface area contributed by atoms with E-state index >= 15 is 0 Å². The fourth-order valence-electron chi connectivity index (χ4n) is 2.51. The molecule has 0 radical (unpaired) electrons. The van der Waals surface area contributed by atoms with Crippen LogP contribution in [-0.4, -0.2) is 34.9 Å². The molecule has 1 atom stereocenters. The van der Waals surface area contributed by atoms with Crippen LogP contribution in [0, 0.1) is 0 Å². The minimum absolute atomic E-state index is 0.383. The average molecular weight is 327 g/mol. The average Bonchev–Trinajstić information content (AvgIpc) is 3.11. The van der Waals surface area contributed by atoms with Gasteiger partial charge in [0, 0.05) is 38.1 Å². The van der Waals surface area contributed by atoms with Gasteiger partial charge in [0.2, 0.25) is 0 Å². The Labute approximate surface area is 145 Å². The summed E-state index contributed by atoms with van der Waals surface area (Å²) in [6.45, 7) is 6.87. The molecule has 0 spiro atoms. The fourth-order valence-corrected chi connectivity index (χ4v) is 2.51. The number of aliphatic imine (C=N–C) groups is 1. The SMILES string of the molecule is CCNC(=NCCCn1cccn1)NC(C)CCc1ccccc1. The number of hydrogen-bond donors (Lipinski definition) is 2. The lowest BCUT2D eigenvalue weighted by Crippen LogP contribution is -2.42. The van der Waals surface area contributed by atoms with Crippen LogP contribution in [0.5, 0.6) is 0 Å². The molecule has 2 N–H and O–H groups in total. The predicted molar refractivity (Wildman–Crippen MR) is 100 cm³/mol. The van der Waals surface area contributed by atoms with Gasteiger partial charge in [-0.05, 0) is 44.7 Å². The molecule has 0 aliphatic rings. The Morgan fingerprint density at radius 1 is 1.25 bits per heavy atom. The first kappa shape index (κ1) is 18.0. The van der Waals surface area contributed by atoms with Gasteiger partial charge < -0.3 is 10.6 Å². The summed E-state index contributed by atoms with van der Waals surface area (Å²) in [7, 11) is 0. The third-order valence-electron chi connectivity index (χ3n) is 3.81. The summed E-state index contributed by atoms with van der Waals surface area (Å²) in [6, 6.07) is 12.9. The van der Waals surface area contributed by atoms with Gasteiger partial charge >= 0.3 is 0 Å². The van der Waals surface area contributed by atoms with Gasteiger partial charge in [0.1, 0.15) is 0 Å². The van der Waals surface area contributed by atoms with E-state index in [0.29, 0.717) is 6.04 Å². The number of nitrogens with one attached hydrogen (secondary N) is 2. The normalized spacial score (nSPS) is 12.8. The highest BCUT2D eigenvalue weighted by Gasteiger charge is 2.05. The second-order valence-corrected chi connectivity index (χ2v) is 5.95. The molecule has 1 heterocycles. The second kappa shape index (κ2) is 10.5. The quantitative estimate of drug-likeness (QED) is 0.423. The van der Waals surface area contributed by atoms with Crippen molar-refractivity contribution >= 4 is 5.96 Å². The van der Waals surface area contributed by atoms with Crippen molar-refractivity contribution in [3.05, 3.63) is 54.4 Å². The number of nitrogens with zero attached hydrogens (tertiary/aromatic N) is 3. The Bertz CT molecular complexity index is 577. The number of hydrogen-bond acceptors (Lipinski definition) is 2. The number of aromatic nitrogens is 2. The Balaban J connectivity index is 1.73. The van der Waals surface area contributed by atoms with Gasteiger partial charge in [0.15, 0.2) is 5.96 Å². The number of benzene rings is 1. The number of guanidine groups is 1. The van der Waals surface area contributed by atoms with Crippen molar-refractivity contribution in [2.75, 3.05) is 13.1 Å². The monoisotopic (exact) mass is 327 g/mol. The zero-order valence-corrected chi connectivity index (χ0v) is 14.8. The van der Waals surface area contributed by atoms with E-state index in [1.54, 1.807) is 0 Å². The third kappa shape index (κ3) is 6.86. The Hall–Kier alpha value is -2.30. The van der Waals surface area contributed by atoms with Crippen LogP contribution in [0.4, 0.5) is 0 Å². The molecule has 0 amide bonds. The minimum atomic E-state index is 0.383. The van der Waals surface area contributed by atoms with Crippen LogP contribution >= 0.6 is 0 Å². The lowest BCUT2D eigenvalue weighted by molar-refractivity contribution is 0.575. The van der Waals surface area contributed by atoms with Gasteiger partial charge in [-0.25, -0.2) is 0 Å². The first-order valence-electron chi connectivity index (χ1n) is 8.84. The largest absolute Gasteiger partial charge is 0.357 e. The van der Waals surface area contributed by atoms with Crippen LogP contribution in [0.15, 0.2) is 53.8 Å². The second-order valence-electron chi connectivity index (χ2n) is 5.95. The molecule has 0 fully saturated rings. The lowest BCUT2D eigenvalue weighted by Gasteiger charge is -2.18. The molecule has 1 aromatic heterocycles. The summed E-state index contributed by atoms with van der Waals surface area (Å²) in [6.07, 6.45) is 6.94. The van der Waals surface area contributed by atoms with E-state index in [1.165, 1.54) is 5.56 Å². The zero-order chi connectivity index (χ0) is 17.0. The predicted octanol–water partition coefficient (Wildman–Crippen LogP) is 2.85. The van der Waals surface area contributed by atoms with Crippen molar-refractivity contribution < 1.29 is 0 Å². The summed E-state index contributed by atoms with van der Waals surface area (Å²) in [5.74, 6) is 0.901. The zero-order valence-electron chi connectivity index (χ0n) is 14.8. The summed E-state index contributed by atoms with van der Waals surface area (Å²) < 4.78 is 1.94. The van der Waals surface area contributed by atoms with Crippen LogP contribution < -0.4 is 10.6 Å². The molecule has 1 unspecified atom stereocenters. The van der Waals surface area contributed by atoms with Gasteiger partial charge in [-0.3, -0.25) is 9.67 Å². The van der Waals surface area contributed by atoms with Crippen molar-refractivity contribution in [2.24, 2.45) is 4.99 Å². The molecular formula is C19H29N5. The molecule has 130 valence electrons. The molecule has 0 aliphatic heterocycles. The topological polar surface area (TPSA) is 54.2 Å². The maximum absolute atomic E-state index is 4.66. The molecule has 2 rings (SSSR count). The molecule has 5 nitrogen and oxygen atoms in total.